The van der Waals surface area contributed by atoms with Crippen LogP contribution in [0.3, 0.4) is 0 Å². The summed E-state index contributed by atoms with van der Waals surface area (Å²) in [5.41, 5.74) is 3.38. The third-order valence-electron chi connectivity index (χ3n) is 5.28. The minimum atomic E-state index is 0.637. The van der Waals surface area contributed by atoms with E-state index in [-0.39, 0.29) is 0 Å². The summed E-state index contributed by atoms with van der Waals surface area (Å²) in [4.78, 5) is 6.82. The van der Waals surface area contributed by atoms with E-state index in [1.54, 1.807) is 0 Å². The number of aromatic nitrogens is 1. The molecule has 0 unspecified atom stereocenters. The first-order chi connectivity index (χ1) is 10.8. The Bertz CT molecular complexity index is 687. The Hall–Kier alpha value is -2.34. The van der Waals surface area contributed by atoms with Gasteiger partial charge in [0, 0.05) is 30.7 Å². The van der Waals surface area contributed by atoms with Crippen molar-refractivity contribution in [2.45, 2.75) is 31.2 Å². The summed E-state index contributed by atoms with van der Waals surface area (Å²) in [5.74, 6) is 1.44. The number of hydrogen-bond donors (Lipinski definition) is 0. The first kappa shape index (κ1) is 13.3. The monoisotopic (exact) mass is 289 g/mol. The summed E-state index contributed by atoms with van der Waals surface area (Å²) in [6.45, 7) is 1.14. The maximum absolute atomic E-state index is 8.94. The Morgan fingerprint density at radius 3 is 2.73 bits per heavy atom. The normalized spacial score (nSPS) is 26.7. The molecule has 2 aliphatic rings. The molecule has 1 aromatic carbocycles. The van der Waals surface area contributed by atoms with Gasteiger partial charge in [0.2, 0.25) is 0 Å². The van der Waals surface area contributed by atoms with E-state index in [0.29, 0.717) is 12.0 Å². The summed E-state index contributed by atoms with van der Waals surface area (Å²) in [5, 5.41) is 8.94. The number of hydrogen-bond acceptors (Lipinski definition) is 3. The van der Waals surface area contributed by atoms with Crippen molar-refractivity contribution < 1.29 is 0 Å². The molecule has 3 atom stereocenters. The number of fused-ring (bicyclic) bond motifs is 1. The molecule has 0 N–H and O–H groups in total. The van der Waals surface area contributed by atoms with Crippen molar-refractivity contribution in [3.63, 3.8) is 0 Å². The van der Waals surface area contributed by atoms with Crippen LogP contribution in [0, 0.1) is 17.2 Å². The quantitative estimate of drug-likeness (QED) is 0.845. The van der Waals surface area contributed by atoms with E-state index in [4.69, 9.17) is 5.26 Å². The standard InChI is InChI=1S/C19H19N3/c20-12-14-3-5-18(6-4-14)22-9-7-15-10-17(11-19(15)22)16-2-1-8-21-13-16/h1-6,8,13,15,17,19H,7,9-11H2/t15-,17+,19+/m0/s1. The average Bonchev–Trinajstić information content (AvgIpc) is 3.16. The molecule has 2 aromatic rings. The number of anilines is 1. The highest BCUT2D eigenvalue weighted by Gasteiger charge is 2.42. The van der Waals surface area contributed by atoms with Gasteiger partial charge >= 0.3 is 0 Å². The smallest absolute Gasteiger partial charge is 0.0991 e. The second kappa shape index (κ2) is 5.46. The largest absolute Gasteiger partial charge is 0.368 e. The van der Waals surface area contributed by atoms with Gasteiger partial charge in [-0.25, -0.2) is 0 Å². The Kier molecular flexibility index (Phi) is 3.31. The molecule has 0 bridgehead atoms. The van der Waals surface area contributed by atoms with Gasteiger partial charge in [-0.05, 0) is 67.0 Å². The second-order valence-corrected chi connectivity index (χ2v) is 6.42. The first-order valence-corrected chi connectivity index (χ1v) is 8.02. The van der Waals surface area contributed by atoms with Crippen LogP contribution in [0.15, 0.2) is 48.8 Å². The maximum atomic E-state index is 8.94. The van der Waals surface area contributed by atoms with E-state index in [2.05, 4.69) is 34.2 Å². The Labute approximate surface area is 131 Å². The number of pyridine rings is 1. The van der Waals surface area contributed by atoms with Crippen LogP contribution in [0.2, 0.25) is 0 Å². The van der Waals surface area contributed by atoms with Crippen LogP contribution in [-0.4, -0.2) is 17.6 Å². The number of rotatable bonds is 2. The van der Waals surface area contributed by atoms with Crippen molar-refractivity contribution >= 4 is 5.69 Å². The van der Waals surface area contributed by atoms with Gasteiger partial charge in [-0.15, -0.1) is 0 Å². The fourth-order valence-electron chi connectivity index (χ4n) is 4.20. The SMILES string of the molecule is N#Cc1ccc(N2CC[C@H]3C[C@@H](c4cccnc4)C[C@H]32)cc1. The molecular formula is C19H19N3. The molecule has 0 amide bonds. The lowest BCUT2D eigenvalue weighted by Crippen LogP contribution is -2.30. The zero-order valence-electron chi connectivity index (χ0n) is 12.5. The fraction of sp³-hybridized carbons (Fsp3) is 0.368. The highest BCUT2D eigenvalue weighted by Crippen LogP contribution is 2.46. The van der Waals surface area contributed by atoms with E-state index in [0.717, 1.165) is 18.0 Å². The van der Waals surface area contributed by atoms with E-state index in [1.807, 2.05) is 30.6 Å². The summed E-state index contributed by atoms with van der Waals surface area (Å²) >= 11 is 0. The van der Waals surface area contributed by atoms with Gasteiger partial charge in [0.1, 0.15) is 0 Å². The van der Waals surface area contributed by atoms with Crippen molar-refractivity contribution in [1.29, 1.82) is 5.26 Å². The third-order valence-corrected chi connectivity index (χ3v) is 5.28. The molecule has 1 saturated heterocycles. The molecule has 2 heterocycles. The Morgan fingerprint density at radius 2 is 2.00 bits per heavy atom. The van der Waals surface area contributed by atoms with Gasteiger partial charge in [-0.1, -0.05) is 6.07 Å². The lowest BCUT2D eigenvalue weighted by Gasteiger charge is -2.26. The van der Waals surface area contributed by atoms with E-state index in [9.17, 15) is 0 Å². The molecule has 3 nitrogen and oxygen atoms in total. The topological polar surface area (TPSA) is 39.9 Å². The summed E-state index contributed by atoms with van der Waals surface area (Å²) in [7, 11) is 0. The van der Waals surface area contributed by atoms with Gasteiger partial charge in [0.05, 0.1) is 11.6 Å². The molecule has 1 aliphatic heterocycles. The Balaban J connectivity index is 1.54. The van der Waals surface area contributed by atoms with Crippen molar-refractivity contribution in [3.8, 4) is 6.07 Å². The van der Waals surface area contributed by atoms with Crippen molar-refractivity contribution in [1.82, 2.24) is 4.98 Å². The molecule has 2 fully saturated rings. The average molecular weight is 289 g/mol. The molecule has 22 heavy (non-hydrogen) atoms. The molecule has 0 radical (unpaired) electrons. The van der Waals surface area contributed by atoms with E-state index < -0.39 is 0 Å². The molecule has 1 aliphatic carbocycles. The highest BCUT2D eigenvalue weighted by molar-refractivity contribution is 5.52. The van der Waals surface area contributed by atoms with Gasteiger partial charge in [-0.2, -0.15) is 5.26 Å². The highest BCUT2D eigenvalue weighted by atomic mass is 15.2. The number of benzene rings is 1. The molecule has 3 heteroatoms. The fourth-order valence-corrected chi connectivity index (χ4v) is 4.20. The first-order valence-electron chi connectivity index (χ1n) is 8.02. The predicted molar refractivity (Wildman–Crippen MR) is 86.6 cm³/mol. The molecular weight excluding hydrogens is 270 g/mol. The van der Waals surface area contributed by atoms with Crippen LogP contribution in [0.5, 0.6) is 0 Å². The zero-order valence-corrected chi connectivity index (χ0v) is 12.5. The van der Waals surface area contributed by atoms with Gasteiger partial charge in [-0.3, -0.25) is 4.98 Å². The maximum Gasteiger partial charge on any atom is 0.0991 e. The molecule has 0 spiro atoms. The van der Waals surface area contributed by atoms with Gasteiger partial charge < -0.3 is 4.90 Å². The number of nitrogens with zero attached hydrogens (tertiary/aromatic N) is 3. The van der Waals surface area contributed by atoms with Crippen LogP contribution in [-0.2, 0) is 0 Å². The van der Waals surface area contributed by atoms with Gasteiger partial charge in [0.15, 0.2) is 0 Å². The van der Waals surface area contributed by atoms with Crippen molar-refractivity contribution in [2.75, 3.05) is 11.4 Å². The van der Waals surface area contributed by atoms with Crippen LogP contribution >= 0.6 is 0 Å². The number of nitriles is 1. The predicted octanol–water partition coefficient (Wildman–Crippen LogP) is 3.73. The van der Waals surface area contributed by atoms with Crippen LogP contribution < -0.4 is 4.90 Å². The summed E-state index contributed by atoms with van der Waals surface area (Å²) in [6.07, 6.45) is 7.65. The van der Waals surface area contributed by atoms with Crippen LogP contribution in [0.25, 0.3) is 0 Å². The third kappa shape index (κ3) is 2.25. The molecule has 4 rings (SSSR count). The molecule has 1 aromatic heterocycles. The Morgan fingerprint density at radius 1 is 1.14 bits per heavy atom. The lowest BCUT2D eigenvalue weighted by atomic mass is 9.97. The summed E-state index contributed by atoms with van der Waals surface area (Å²) < 4.78 is 0. The van der Waals surface area contributed by atoms with Gasteiger partial charge in [0.25, 0.3) is 0 Å². The zero-order chi connectivity index (χ0) is 14.9. The lowest BCUT2D eigenvalue weighted by molar-refractivity contribution is 0.536. The van der Waals surface area contributed by atoms with E-state index >= 15 is 0 Å². The van der Waals surface area contributed by atoms with Crippen molar-refractivity contribution in [3.05, 3.63) is 59.9 Å². The minimum Gasteiger partial charge on any atom is -0.368 e. The van der Waals surface area contributed by atoms with Crippen molar-refractivity contribution in [2.24, 2.45) is 5.92 Å². The molecule has 110 valence electrons. The van der Waals surface area contributed by atoms with E-state index in [1.165, 1.54) is 30.5 Å². The summed E-state index contributed by atoms with van der Waals surface area (Å²) in [6, 6.07) is 15.1. The van der Waals surface area contributed by atoms with Crippen LogP contribution in [0.1, 0.15) is 36.3 Å². The molecule has 1 saturated carbocycles. The second-order valence-electron chi connectivity index (χ2n) is 6.42. The van der Waals surface area contributed by atoms with Crippen LogP contribution in [0.4, 0.5) is 5.69 Å². The minimum absolute atomic E-state index is 0.637.